The predicted octanol–water partition coefficient (Wildman–Crippen LogP) is 4.46. The molecule has 0 aliphatic rings. The standard InChI is InChI=1S/C14H17BrClN3/c1-14(2,3)8-11-12(15)13(17)19(18-11)10-6-4-5-9(16)7-10/h4-7H,8,17H2,1-3H3. The van der Waals surface area contributed by atoms with E-state index in [1.165, 1.54) is 0 Å². The average molecular weight is 343 g/mol. The lowest BCUT2D eigenvalue weighted by Gasteiger charge is -2.16. The van der Waals surface area contributed by atoms with Crippen molar-refractivity contribution < 1.29 is 0 Å². The first-order chi connectivity index (χ1) is 8.78. The van der Waals surface area contributed by atoms with Gasteiger partial charge in [0.2, 0.25) is 0 Å². The van der Waals surface area contributed by atoms with Crippen molar-refractivity contribution in [2.45, 2.75) is 27.2 Å². The summed E-state index contributed by atoms with van der Waals surface area (Å²) < 4.78 is 2.58. The fraction of sp³-hybridized carbons (Fsp3) is 0.357. The Morgan fingerprint density at radius 1 is 1.37 bits per heavy atom. The normalized spacial score (nSPS) is 11.8. The minimum absolute atomic E-state index is 0.155. The summed E-state index contributed by atoms with van der Waals surface area (Å²) in [4.78, 5) is 0. The molecule has 3 nitrogen and oxygen atoms in total. The summed E-state index contributed by atoms with van der Waals surface area (Å²) in [6.45, 7) is 6.52. The molecule has 0 bridgehead atoms. The van der Waals surface area contributed by atoms with Crippen molar-refractivity contribution in [3.05, 3.63) is 39.5 Å². The van der Waals surface area contributed by atoms with Crippen LogP contribution in [0, 0.1) is 5.41 Å². The van der Waals surface area contributed by atoms with Crippen molar-refractivity contribution in [1.29, 1.82) is 0 Å². The van der Waals surface area contributed by atoms with Crippen LogP contribution in [-0.2, 0) is 6.42 Å². The van der Waals surface area contributed by atoms with Crippen LogP contribution in [0.4, 0.5) is 5.82 Å². The second-order valence-electron chi connectivity index (χ2n) is 5.78. The number of aromatic nitrogens is 2. The first-order valence-corrected chi connectivity index (χ1v) is 7.24. The van der Waals surface area contributed by atoms with Gasteiger partial charge in [-0.05, 0) is 46.0 Å². The third kappa shape index (κ3) is 3.31. The Labute approximate surface area is 126 Å². The Morgan fingerprint density at radius 2 is 2.05 bits per heavy atom. The molecule has 19 heavy (non-hydrogen) atoms. The number of anilines is 1. The Kier molecular flexibility index (Phi) is 3.92. The van der Waals surface area contributed by atoms with Gasteiger partial charge in [0.25, 0.3) is 0 Å². The van der Waals surface area contributed by atoms with E-state index < -0.39 is 0 Å². The smallest absolute Gasteiger partial charge is 0.141 e. The van der Waals surface area contributed by atoms with E-state index >= 15 is 0 Å². The van der Waals surface area contributed by atoms with Crippen molar-refractivity contribution in [2.75, 3.05) is 5.73 Å². The summed E-state index contributed by atoms with van der Waals surface area (Å²) in [5, 5.41) is 5.26. The van der Waals surface area contributed by atoms with E-state index in [9.17, 15) is 0 Å². The fourth-order valence-electron chi connectivity index (χ4n) is 1.88. The number of hydrogen-bond acceptors (Lipinski definition) is 2. The largest absolute Gasteiger partial charge is 0.383 e. The van der Waals surface area contributed by atoms with E-state index in [1.54, 1.807) is 4.68 Å². The van der Waals surface area contributed by atoms with Crippen LogP contribution < -0.4 is 5.73 Å². The zero-order valence-corrected chi connectivity index (χ0v) is 13.6. The summed E-state index contributed by atoms with van der Waals surface area (Å²) in [6.07, 6.45) is 0.853. The number of nitrogen functional groups attached to an aromatic ring is 1. The molecule has 2 N–H and O–H groups in total. The molecule has 2 rings (SSSR count). The topological polar surface area (TPSA) is 43.8 Å². The lowest BCUT2D eigenvalue weighted by atomic mass is 9.91. The van der Waals surface area contributed by atoms with Gasteiger partial charge in [0.15, 0.2) is 0 Å². The van der Waals surface area contributed by atoms with Gasteiger partial charge in [-0.25, -0.2) is 4.68 Å². The number of rotatable bonds is 2. The van der Waals surface area contributed by atoms with Crippen LogP contribution in [0.5, 0.6) is 0 Å². The van der Waals surface area contributed by atoms with Crippen molar-refractivity contribution in [3.8, 4) is 5.69 Å². The minimum Gasteiger partial charge on any atom is -0.383 e. The van der Waals surface area contributed by atoms with Crippen LogP contribution in [0.1, 0.15) is 26.5 Å². The summed E-state index contributed by atoms with van der Waals surface area (Å²) in [5.74, 6) is 0.599. The van der Waals surface area contributed by atoms with Crippen LogP contribution in [0.3, 0.4) is 0 Å². The van der Waals surface area contributed by atoms with Gasteiger partial charge in [-0.15, -0.1) is 0 Å². The Bertz CT molecular complexity index is 599. The second-order valence-corrected chi connectivity index (χ2v) is 7.00. The molecule has 0 radical (unpaired) electrons. The average Bonchev–Trinajstić information content (AvgIpc) is 2.55. The number of halogens is 2. The highest BCUT2D eigenvalue weighted by Crippen LogP contribution is 2.31. The van der Waals surface area contributed by atoms with Gasteiger partial charge >= 0.3 is 0 Å². The molecule has 1 heterocycles. The molecule has 0 amide bonds. The molecule has 0 aliphatic heterocycles. The monoisotopic (exact) mass is 341 g/mol. The van der Waals surface area contributed by atoms with E-state index in [0.29, 0.717) is 10.8 Å². The van der Waals surface area contributed by atoms with E-state index in [-0.39, 0.29) is 5.41 Å². The van der Waals surface area contributed by atoms with Crippen molar-refractivity contribution in [2.24, 2.45) is 5.41 Å². The fourth-order valence-corrected chi connectivity index (χ4v) is 2.45. The van der Waals surface area contributed by atoms with Crippen molar-refractivity contribution >= 4 is 33.3 Å². The van der Waals surface area contributed by atoms with Crippen LogP contribution in [0.25, 0.3) is 5.69 Å². The molecule has 0 saturated heterocycles. The maximum absolute atomic E-state index is 6.11. The van der Waals surface area contributed by atoms with Gasteiger partial charge in [0, 0.05) is 5.02 Å². The quantitative estimate of drug-likeness (QED) is 0.875. The Hall–Kier alpha value is -1.00. The Morgan fingerprint density at radius 3 is 2.63 bits per heavy atom. The van der Waals surface area contributed by atoms with Crippen LogP contribution in [0.2, 0.25) is 5.02 Å². The first-order valence-electron chi connectivity index (χ1n) is 6.07. The third-order valence-electron chi connectivity index (χ3n) is 2.68. The van der Waals surface area contributed by atoms with Gasteiger partial charge in [-0.2, -0.15) is 5.10 Å². The minimum atomic E-state index is 0.155. The van der Waals surface area contributed by atoms with Gasteiger partial charge in [-0.3, -0.25) is 0 Å². The molecule has 0 unspecified atom stereocenters. The van der Waals surface area contributed by atoms with Crippen LogP contribution in [0.15, 0.2) is 28.7 Å². The van der Waals surface area contributed by atoms with E-state index in [2.05, 4.69) is 41.8 Å². The molecule has 5 heteroatoms. The summed E-state index contributed by atoms with van der Waals surface area (Å²) in [5.41, 5.74) is 8.10. The number of nitrogens with zero attached hydrogens (tertiary/aromatic N) is 2. The maximum Gasteiger partial charge on any atom is 0.141 e. The SMILES string of the molecule is CC(C)(C)Cc1nn(-c2cccc(Cl)c2)c(N)c1Br. The molecule has 102 valence electrons. The van der Waals surface area contributed by atoms with Crippen molar-refractivity contribution in [1.82, 2.24) is 9.78 Å². The van der Waals surface area contributed by atoms with Crippen LogP contribution >= 0.6 is 27.5 Å². The maximum atomic E-state index is 6.11. The first kappa shape index (κ1) is 14.4. The summed E-state index contributed by atoms with van der Waals surface area (Å²) >= 11 is 9.53. The Balaban J connectivity index is 2.46. The molecule has 2 aromatic rings. The molecule has 1 aromatic carbocycles. The highest BCUT2D eigenvalue weighted by Gasteiger charge is 2.20. The number of benzene rings is 1. The van der Waals surface area contributed by atoms with Gasteiger partial charge in [0.05, 0.1) is 15.9 Å². The van der Waals surface area contributed by atoms with Gasteiger partial charge in [0.1, 0.15) is 5.82 Å². The molecule has 0 aliphatic carbocycles. The molecule has 0 saturated carbocycles. The van der Waals surface area contributed by atoms with Gasteiger partial charge in [-0.1, -0.05) is 38.4 Å². The zero-order chi connectivity index (χ0) is 14.2. The lowest BCUT2D eigenvalue weighted by Crippen LogP contribution is -2.10. The van der Waals surface area contributed by atoms with E-state index in [1.807, 2.05) is 24.3 Å². The predicted molar refractivity (Wildman–Crippen MR) is 83.8 cm³/mol. The molecular formula is C14H17BrClN3. The second kappa shape index (κ2) is 5.17. The van der Waals surface area contributed by atoms with E-state index in [0.717, 1.165) is 22.3 Å². The molecular weight excluding hydrogens is 326 g/mol. The third-order valence-corrected chi connectivity index (χ3v) is 3.78. The molecule has 0 spiro atoms. The summed E-state index contributed by atoms with van der Waals surface area (Å²) in [7, 11) is 0. The molecule has 0 fully saturated rings. The molecule has 1 aromatic heterocycles. The van der Waals surface area contributed by atoms with Crippen LogP contribution in [-0.4, -0.2) is 9.78 Å². The lowest BCUT2D eigenvalue weighted by molar-refractivity contribution is 0.404. The number of nitrogens with two attached hydrogens (primary N) is 1. The summed E-state index contributed by atoms with van der Waals surface area (Å²) in [6, 6.07) is 7.49. The zero-order valence-electron chi connectivity index (χ0n) is 11.2. The highest BCUT2D eigenvalue weighted by molar-refractivity contribution is 9.10. The van der Waals surface area contributed by atoms with E-state index in [4.69, 9.17) is 17.3 Å². The molecule has 0 atom stereocenters. The highest BCUT2D eigenvalue weighted by atomic mass is 79.9. The van der Waals surface area contributed by atoms with Gasteiger partial charge < -0.3 is 5.73 Å². The number of hydrogen-bond donors (Lipinski definition) is 1. The van der Waals surface area contributed by atoms with Crippen molar-refractivity contribution in [3.63, 3.8) is 0 Å².